The zero-order valence-electron chi connectivity index (χ0n) is 15.1. The van der Waals surface area contributed by atoms with Crippen LogP contribution in [0, 0.1) is 5.92 Å². The van der Waals surface area contributed by atoms with Crippen molar-refractivity contribution in [2.75, 3.05) is 0 Å². The second-order valence-corrected chi connectivity index (χ2v) is 20.4. The fourth-order valence-electron chi connectivity index (χ4n) is 3.88. The van der Waals surface area contributed by atoms with Crippen molar-refractivity contribution in [1.82, 2.24) is 0 Å². The number of allylic oxidation sites excluding steroid dienone is 1. The molecule has 124 valence electrons. The summed E-state index contributed by atoms with van der Waals surface area (Å²) in [6.07, 6.45) is 18.8. The van der Waals surface area contributed by atoms with Crippen molar-refractivity contribution in [3.63, 3.8) is 0 Å². The average molecular weight is 399 g/mol. The van der Waals surface area contributed by atoms with Crippen LogP contribution >= 0.6 is 0 Å². The van der Waals surface area contributed by atoms with Crippen molar-refractivity contribution in [2.24, 2.45) is 5.92 Å². The van der Waals surface area contributed by atoms with Gasteiger partial charge in [0.2, 0.25) is 0 Å². The van der Waals surface area contributed by atoms with Gasteiger partial charge < -0.3 is 0 Å². The van der Waals surface area contributed by atoms with Crippen LogP contribution in [0.2, 0.25) is 13.3 Å². The van der Waals surface area contributed by atoms with E-state index in [0.717, 1.165) is 5.92 Å². The van der Waals surface area contributed by atoms with E-state index in [2.05, 4.69) is 30.9 Å². The van der Waals surface area contributed by atoms with E-state index in [9.17, 15) is 0 Å². The Bertz CT molecular complexity index is 241. The van der Waals surface area contributed by atoms with Crippen molar-refractivity contribution in [2.45, 2.75) is 105 Å². The monoisotopic (exact) mass is 400 g/mol. The fourth-order valence-corrected chi connectivity index (χ4v) is 18.4. The maximum absolute atomic E-state index is 2.91. The first-order valence-electron chi connectivity index (χ1n) is 9.95. The van der Waals surface area contributed by atoms with Crippen LogP contribution < -0.4 is 0 Å². The van der Waals surface area contributed by atoms with Gasteiger partial charge in [-0.2, -0.15) is 0 Å². The van der Waals surface area contributed by atoms with Gasteiger partial charge in [-0.25, -0.2) is 0 Å². The van der Waals surface area contributed by atoms with Crippen LogP contribution in [0.3, 0.4) is 0 Å². The Morgan fingerprint density at radius 2 is 1.24 bits per heavy atom. The molecule has 0 saturated heterocycles. The van der Waals surface area contributed by atoms with E-state index in [0.29, 0.717) is 0 Å². The summed E-state index contributed by atoms with van der Waals surface area (Å²) in [5, 5.41) is 0. The molecule has 0 radical (unpaired) electrons. The van der Waals surface area contributed by atoms with Gasteiger partial charge in [-0.15, -0.1) is 0 Å². The van der Waals surface area contributed by atoms with Crippen LogP contribution in [0.5, 0.6) is 0 Å². The number of hydrogen-bond donors (Lipinski definition) is 0. The van der Waals surface area contributed by atoms with Gasteiger partial charge >= 0.3 is 139 Å². The summed E-state index contributed by atoms with van der Waals surface area (Å²) in [4.78, 5) is 0. The molecule has 1 aliphatic carbocycles. The Balaban J connectivity index is 2.70. The van der Waals surface area contributed by atoms with E-state index < -0.39 is 18.4 Å². The Hall–Kier alpha value is 0.539. The standard InChI is InChI=1S/C8H13.3C4H9.Sn/c1-2-8-6-4-3-5-7-8;3*1-3-4-2;/h1-2,8H,3-7H2;3*1,3-4H2,2H3;. The Labute approximate surface area is 139 Å². The van der Waals surface area contributed by atoms with Gasteiger partial charge in [0, 0.05) is 0 Å². The summed E-state index contributed by atoms with van der Waals surface area (Å²) in [5.74, 6) is 0.944. The zero-order chi connectivity index (χ0) is 15.4. The van der Waals surface area contributed by atoms with Crippen molar-refractivity contribution in [3.8, 4) is 0 Å². The van der Waals surface area contributed by atoms with E-state index >= 15 is 0 Å². The van der Waals surface area contributed by atoms with Crippen molar-refractivity contribution >= 4 is 18.4 Å². The van der Waals surface area contributed by atoms with Crippen LogP contribution in [0.4, 0.5) is 0 Å². The Kier molecular flexibility index (Phi) is 11.2. The summed E-state index contributed by atoms with van der Waals surface area (Å²) >= 11 is -1.97. The summed E-state index contributed by atoms with van der Waals surface area (Å²) in [5.41, 5.74) is 0. The maximum atomic E-state index is 2.91. The molecule has 0 heterocycles. The summed E-state index contributed by atoms with van der Waals surface area (Å²) < 4.78 is 7.81. The van der Waals surface area contributed by atoms with Gasteiger partial charge in [-0.05, 0) is 0 Å². The molecule has 0 bridgehead atoms. The quantitative estimate of drug-likeness (QED) is 0.316. The molecule has 0 spiro atoms. The topological polar surface area (TPSA) is 0 Å². The van der Waals surface area contributed by atoms with Gasteiger partial charge in [0.05, 0.1) is 0 Å². The first kappa shape index (κ1) is 19.6. The minimum absolute atomic E-state index is 0.944. The molecule has 0 amide bonds. The molecule has 0 aromatic rings. The summed E-state index contributed by atoms with van der Waals surface area (Å²) in [6, 6.07) is 0. The SMILES string of the molecule is CCC[CH2][Sn](/[CH]=C\C1CCCCC1)([CH2]CCC)[CH2]CCC. The third-order valence-electron chi connectivity index (χ3n) is 5.46. The van der Waals surface area contributed by atoms with Gasteiger partial charge in [0.15, 0.2) is 0 Å². The molecule has 0 aromatic heterocycles. The second kappa shape index (κ2) is 12.0. The molecule has 1 fully saturated rings. The minimum atomic E-state index is -1.97. The second-order valence-electron chi connectivity index (χ2n) is 7.43. The predicted octanol–water partition coefficient (Wildman–Crippen LogP) is 7.51. The zero-order valence-corrected chi connectivity index (χ0v) is 18.0. The third-order valence-corrected chi connectivity index (χ3v) is 19.6. The van der Waals surface area contributed by atoms with Crippen LogP contribution in [0.25, 0.3) is 0 Å². The molecule has 0 atom stereocenters. The predicted molar refractivity (Wildman–Crippen MR) is 101 cm³/mol. The van der Waals surface area contributed by atoms with E-state index in [1.165, 1.54) is 70.6 Å². The van der Waals surface area contributed by atoms with Crippen LogP contribution in [0.15, 0.2) is 10.2 Å². The van der Waals surface area contributed by atoms with Crippen LogP contribution in [0.1, 0.15) is 91.4 Å². The normalized spacial score (nSPS) is 17.7. The number of unbranched alkanes of at least 4 members (excludes halogenated alkanes) is 3. The van der Waals surface area contributed by atoms with Gasteiger partial charge in [0.1, 0.15) is 0 Å². The van der Waals surface area contributed by atoms with Crippen LogP contribution in [-0.4, -0.2) is 18.4 Å². The first-order valence-corrected chi connectivity index (χ1v) is 17.7. The average Bonchev–Trinajstić information content (AvgIpc) is 2.54. The molecule has 1 aliphatic rings. The van der Waals surface area contributed by atoms with Gasteiger partial charge in [0.25, 0.3) is 0 Å². The Morgan fingerprint density at radius 1 is 0.762 bits per heavy atom. The molecule has 0 nitrogen and oxygen atoms in total. The number of hydrogen-bond acceptors (Lipinski definition) is 0. The molecular formula is C20H40Sn. The van der Waals surface area contributed by atoms with E-state index in [4.69, 9.17) is 0 Å². The fraction of sp³-hybridized carbons (Fsp3) is 0.900. The summed E-state index contributed by atoms with van der Waals surface area (Å²) in [7, 11) is 0. The summed E-state index contributed by atoms with van der Waals surface area (Å²) in [6.45, 7) is 7.13. The van der Waals surface area contributed by atoms with Crippen LogP contribution in [-0.2, 0) is 0 Å². The first-order chi connectivity index (χ1) is 10.3. The molecule has 21 heavy (non-hydrogen) atoms. The van der Waals surface area contributed by atoms with Crippen molar-refractivity contribution < 1.29 is 0 Å². The van der Waals surface area contributed by atoms with E-state index in [1.807, 2.05) is 0 Å². The van der Waals surface area contributed by atoms with Gasteiger partial charge in [-0.1, -0.05) is 0 Å². The molecule has 0 unspecified atom stereocenters. The van der Waals surface area contributed by atoms with Crippen molar-refractivity contribution in [3.05, 3.63) is 10.2 Å². The molecule has 1 rings (SSSR count). The van der Waals surface area contributed by atoms with E-state index in [1.54, 1.807) is 13.3 Å². The molecule has 1 heteroatoms. The molecule has 0 N–H and O–H groups in total. The molecule has 1 saturated carbocycles. The molecule has 0 aromatic carbocycles. The molecule has 0 aliphatic heterocycles. The Morgan fingerprint density at radius 3 is 1.67 bits per heavy atom. The molecular weight excluding hydrogens is 359 g/mol. The van der Waals surface area contributed by atoms with Gasteiger partial charge in [-0.3, -0.25) is 0 Å². The third kappa shape index (κ3) is 8.09. The van der Waals surface area contributed by atoms with E-state index in [-0.39, 0.29) is 0 Å². The van der Waals surface area contributed by atoms with Crippen molar-refractivity contribution in [1.29, 1.82) is 0 Å². The number of rotatable bonds is 11.